The third kappa shape index (κ3) is 3.63. The molecule has 5 rings (SSSR count). The van der Waals surface area contributed by atoms with Crippen LogP contribution in [-0.2, 0) is 21.4 Å². The molecule has 0 spiro atoms. The van der Waals surface area contributed by atoms with Crippen molar-refractivity contribution in [1.29, 1.82) is 0 Å². The van der Waals surface area contributed by atoms with E-state index in [0.717, 1.165) is 17.3 Å². The van der Waals surface area contributed by atoms with Gasteiger partial charge in [0, 0.05) is 57.6 Å². The van der Waals surface area contributed by atoms with Crippen LogP contribution in [0.25, 0.3) is 15.7 Å². The number of piperidine rings is 2. The van der Waals surface area contributed by atoms with E-state index in [1.165, 1.54) is 0 Å². The Morgan fingerprint density at radius 2 is 2.00 bits per heavy atom. The first-order chi connectivity index (χ1) is 15.9. The lowest BCUT2D eigenvalue weighted by Crippen LogP contribution is -2.54. The second-order valence-corrected chi connectivity index (χ2v) is 9.27. The minimum atomic E-state index is -0.819. The van der Waals surface area contributed by atoms with E-state index in [2.05, 4.69) is 15.3 Å². The van der Waals surface area contributed by atoms with Crippen molar-refractivity contribution in [3.8, 4) is 5.75 Å². The van der Waals surface area contributed by atoms with Crippen molar-refractivity contribution in [2.45, 2.75) is 62.5 Å². The van der Waals surface area contributed by atoms with Gasteiger partial charge in [-0.3, -0.25) is 29.2 Å². The lowest BCUT2D eigenvalue weighted by molar-refractivity contribution is -0.140. The van der Waals surface area contributed by atoms with E-state index in [1.54, 1.807) is 4.68 Å². The molecule has 2 aromatic rings. The number of imide groups is 1. The number of nitrogens with zero attached hydrogens (tertiary/aromatic N) is 4. The van der Waals surface area contributed by atoms with Crippen LogP contribution >= 0.6 is 0 Å². The predicted octanol–water partition coefficient (Wildman–Crippen LogP) is 2.31. The number of ether oxygens (including phenoxy) is 1. The Bertz CT molecular complexity index is 1170. The standard InChI is InChI=1S/C24H27N5O4/c1-25-24(11-4-12-24)23(32)29-13-9-15(10-14-29)33-18-6-3-5-16-20(27-28(2)21(16)18)17-7-8-19(30)26-22(17)31/h3,5-6,15,17H,4,7-14H2,2H3,(H,26,30,31). The van der Waals surface area contributed by atoms with Gasteiger partial charge in [-0.15, -0.1) is 0 Å². The Kier molecular flexibility index (Phi) is 5.31. The van der Waals surface area contributed by atoms with Gasteiger partial charge >= 0.3 is 11.4 Å². The quantitative estimate of drug-likeness (QED) is 0.571. The van der Waals surface area contributed by atoms with E-state index in [4.69, 9.17) is 11.3 Å². The van der Waals surface area contributed by atoms with Gasteiger partial charge in [0.2, 0.25) is 11.8 Å². The molecule has 1 aromatic carbocycles. The first-order valence-electron chi connectivity index (χ1n) is 11.6. The smallest absolute Gasteiger partial charge is 0.309 e. The molecule has 9 nitrogen and oxygen atoms in total. The fourth-order valence-corrected chi connectivity index (χ4v) is 5.17. The molecule has 2 aliphatic heterocycles. The Balaban J connectivity index is 1.31. The van der Waals surface area contributed by atoms with Crippen LogP contribution in [-0.4, -0.2) is 57.1 Å². The highest BCUT2D eigenvalue weighted by atomic mass is 16.5. The van der Waals surface area contributed by atoms with Crippen LogP contribution in [0.5, 0.6) is 5.75 Å². The van der Waals surface area contributed by atoms with E-state index < -0.39 is 11.5 Å². The highest BCUT2D eigenvalue weighted by molar-refractivity contribution is 6.03. The maximum Gasteiger partial charge on any atom is 0.309 e. The molecule has 172 valence electrons. The highest BCUT2D eigenvalue weighted by Gasteiger charge is 2.53. The van der Waals surface area contributed by atoms with Gasteiger partial charge in [-0.25, -0.2) is 6.57 Å². The summed E-state index contributed by atoms with van der Waals surface area (Å²) in [5.41, 5.74) is 0.658. The molecule has 1 aromatic heterocycles. The zero-order valence-electron chi connectivity index (χ0n) is 18.7. The summed E-state index contributed by atoms with van der Waals surface area (Å²) in [6.45, 7) is 8.62. The zero-order chi connectivity index (χ0) is 23.2. The molecule has 33 heavy (non-hydrogen) atoms. The summed E-state index contributed by atoms with van der Waals surface area (Å²) in [6.07, 6.45) is 4.40. The lowest BCUT2D eigenvalue weighted by Gasteiger charge is -2.37. The molecule has 1 atom stereocenters. The topological polar surface area (TPSA) is 97.9 Å². The maximum absolute atomic E-state index is 12.8. The van der Waals surface area contributed by atoms with E-state index in [9.17, 15) is 14.4 Å². The van der Waals surface area contributed by atoms with E-state index in [-0.39, 0.29) is 23.8 Å². The van der Waals surface area contributed by atoms with Crippen molar-refractivity contribution in [3.63, 3.8) is 0 Å². The van der Waals surface area contributed by atoms with Gasteiger partial charge in [-0.1, -0.05) is 12.1 Å². The first-order valence-corrected chi connectivity index (χ1v) is 11.6. The van der Waals surface area contributed by atoms with Gasteiger partial charge in [0.25, 0.3) is 0 Å². The summed E-state index contributed by atoms with van der Waals surface area (Å²) in [7, 11) is 1.83. The monoisotopic (exact) mass is 449 g/mol. The molecule has 3 fully saturated rings. The van der Waals surface area contributed by atoms with Crippen molar-refractivity contribution < 1.29 is 19.1 Å². The van der Waals surface area contributed by atoms with Crippen LogP contribution in [0, 0.1) is 6.57 Å². The molecule has 3 heterocycles. The number of hydrogen-bond acceptors (Lipinski definition) is 5. The maximum atomic E-state index is 12.8. The first kappa shape index (κ1) is 21.4. The average molecular weight is 450 g/mol. The molecule has 1 aliphatic carbocycles. The molecule has 1 N–H and O–H groups in total. The van der Waals surface area contributed by atoms with Crippen molar-refractivity contribution in [1.82, 2.24) is 20.0 Å². The minimum Gasteiger partial charge on any atom is -0.488 e. The fraction of sp³-hybridized carbons (Fsp3) is 0.542. The van der Waals surface area contributed by atoms with Crippen LogP contribution in [0.4, 0.5) is 0 Å². The average Bonchev–Trinajstić information content (AvgIpc) is 3.11. The summed E-state index contributed by atoms with van der Waals surface area (Å²) >= 11 is 0. The molecular weight excluding hydrogens is 422 g/mol. The Labute approximate surface area is 191 Å². The zero-order valence-corrected chi connectivity index (χ0v) is 18.7. The molecule has 3 aliphatic rings. The van der Waals surface area contributed by atoms with Crippen molar-refractivity contribution in [2.75, 3.05) is 13.1 Å². The third-order valence-corrected chi connectivity index (χ3v) is 7.24. The normalized spacial score (nSPS) is 23.0. The summed E-state index contributed by atoms with van der Waals surface area (Å²) in [5.74, 6) is -0.340. The van der Waals surface area contributed by atoms with Gasteiger partial charge < -0.3 is 9.64 Å². The van der Waals surface area contributed by atoms with Crippen molar-refractivity contribution in [2.24, 2.45) is 7.05 Å². The second-order valence-electron chi connectivity index (χ2n) is 9.27. The molecular formula is C24H27N5O4. The van der Waals surface area contributed by atoms with Crippen LogP contribution in [0.1, 0.15) is 56.6 Å². The van der Waals surface area contributed by atoms with Crippen LogP contribution in [0.2, 0.25) is 0 Å². The van der Waals surface area contributed by atoms with Crippen molar-refractivity contribution in [3.05, 3.63) is 35.3 Å². The summed E-state index contributed by atoms with van der Waals surface area (Å²) in [4.78, 5) is 42.2. The second kappa shape index (κ2) is 8.18. The number of para-hydroxylation sites is 1. The fourth-order valence-electron chi connectivity index (χ4n) is 5.17. The van der Waals surface area contributed by atoms with E-state index in [0.29, 0.717) is 63.1 Å². The van der Waals surface area contributed by atoms with Gasteiger partial charge in [-0.2, -0.15) is 5.10 Å². The molecule has 9 heteroatoms. The number of rotatable bonds is 4. The summed E-state index contributed by atoms with van der Waals surface area (Å²) in [5, 5.41) is 7.87. The number of hydrogen-bond donors (Lipinski definition) is 1. The molecule has 3 amide bonds. The van der Waals surface area contributed by atoms with Gasteiger partial charge in [0.1, 0.15) is 17.4 Å². The van der Waals surface area contributed by atoms with E-state index in [1.807, 2.05) is 30.1 Å². The number of aryl methyl sites for hydroxylation is 1. The third-order valence-electron chi connectivity index (χ3n) is 7.24. The van der Waals surface area contributed by atoms with Crippen LogP contribution < -0.4 is 10.1 Å². The molecule has 2 saturated heterocycles. The Morgan fingerprint density at radius 1 is 1.24 bits per heavy atom. The number of likely N-dealkylation sites (tertiary alicyclic amines) is 1. The van der Waals surface area contributed by atoms with Crippen LogP contribution in [0.3, 0.4) is 0 Å². The van der Waals surface area contributed by atoms with E-state index >= 15 is 0 Å². The summed E-state index contributed by atoms with van der Waals surface area (Å²) in [6, 6.07) is 5.72. The number of nitrogens with one attached hydrogen (secondary N) is 1. The van der Waals surface area contributed by atoms with Gasteiger partial charge in [-0.05, 0) is 18.9 Å². The Hall–Kier alpha value is -3.41. The number of amides is 3. The molecule has 1 saturated carbocycles. The van der Waals surface area contributed by atoms with Crippen LogP contribution in [0.15, 0.2) is 18.2 Å². The summed E-state index contributed by atoms with van der Waals surface area (Å²) < 4.78 is 8.09. The van der Waals surface area contributed by atoms with Gasteiger partial charge in [0.05, 0.1) is 11.6 Å². The number of benzene rings is 1. The predicted molar refractivity (Wildman–Crippen MR) is 119 cm³/mol. The number of carbonyl (C=O) groups is 3. The molecule has 0 radical (unpaired) electrons. The number of fused-ring (bicyclic) bond motifs is 1. The molecule has 0 bridgehead atoms. The molecule has 1 unspecified atom stereocenters. The van der Waals surface area contributed by atoms with Gasteiger partial charge in [0.15, 0.2) is 0 Å². The SMILES string of the molecule is [C-]#[N+]C1(C(=O)N2CCC(Oc3cccc4c(C5CCC(=O)NC5=O)nn(C)c34)CC2)CCC1. The Morgan fingerprint density at radius 3 is 2.64 bits per heavy atom. The highest BCUT2D eigenvalue weighted by Crippen LogP contribution is 2.39. The minimum absolute atomic E-state index is 0.0233. The number of carbonyl (C=O) groups excluding carboxylic acids is 3. The lowest BCUT2D eigenvalue weighted by atomic mass is 9.76. The van der Waals surface area contributed by atoms with Crippen molar-refractivity contribution >= 4 is 28.6 Å². The number of aromatic nitrogens is 2. The largest absolute Gasteiger partial charge is 0.488 e.